The second kappa shape index (κ2) is 4.58. The molecule has 0 fully saturated rings. The molecule has 0 aliphatic carbocycles. The Hall–Kier alpha value is -2.02. The van der Waals surface area contributed by atoms with Gasteiger partial charge in [-0.1, -0.05) is 11.6 Å². The molecule has 0 saturated carbocycles. The lowest BCUT2D eigenvalue weighted by molar-refractivity contribution is -0.141. The summed E-state index contributed by atoms with van der Waals surface area (Å²) >= 11 is 5.79. The van der Waals surface area contributed by atoms with Gasteiger partial charge in [0.1, 0.15) is 5.84 Å². The molecule has 0 saturated heterocycles. The number of hydrogen-bond donors (Lipinski definition) is 2. The number of amidine groups is 1. The first kappa shape index (κ1) is 13.4. The third-order valence-electron chi connectivity index (χ3n) is 2.38. The molecule has 1 heterocycles. The first-order valence-electron chi connectivity index (χ1n) is 5.06. The van der Waals surface area contributed by atoms with Gasteiger partial charge < -0.3 is 5.73 Å². The third-order valence-corrected chi connectivity index (χ3v) is 2.61. The Kier molecular flexibility index (Phi) is 3.23. The molecule has 2 rings (SSSR count). The van der Waals surface area contributed by atoms with E-state index in [1.54, 1.807) is 0 Å². The molecular weight excluding hydrogens is 281 g/mol. The fraction of sp³-hybridized carbons (Fsp3) is 0.0909. The van der Waals surface area contributed by atoms with Crippen LogP contribution < -0.4 is 5.73 Å². The Bertz CT molecular complexity index is 633. The third kappa shape index (κ3) is 2.70. The van der Waals surface area contributed by atoms with E-state index < -0.39 is 11.9 Å². The molecule has 0 atom stereocenters. The Morgan fingerprint density at radius 1 is 1.32 bits per heavy atom. The lowest BCUT2D eigenvalue weighted by Crippen LogP contribution is -2.15. The normalized spacial score (nSPS) is 11.6. The minimum atomic E-state index is -4.53. The first-order valence-corrected chi connectivity index (χ1v) is 5.44. The molecular formula is C11H8ClF3N4. The lowest BCUT2D eigenvalue weighted by Gasteiger charge is -2.09. The fourth-order valence-electron chi connectivity index (χ4n) is 1.53. The van der Waals surface area contributed by atoms with Gasteiger partial charge in [0.25, 0.3) is 0 Å². The summed E-state index contributed by atoms with van der Waals surface area (Å²) < 4.78 is 38.5. The summed E-state index contributed by atoms with van der Waals surface area (Å²) in [7, 11) is 0. The second-order valence-corrected chi connectivity index (χ2v) is 4.15. The highest BCUT2D eigenvalue weighted by molar-refractivity contribution is 6.31. The average molecular weight is 289 g/mol. The number of nitrogens with two attached hydrogens (primary N) is 1. The zero-order valence-electron chi connectivity index (χ0n) is 9.37. The van der Waals surface area contributed by atoms with Crippen LogP contribution in [0.5, 0.6) is 0 Å². The van der Waals surface area contributed by atoms with Crippen LogP contribution in [0.1, 0.15) is 11.3 Å². The predicted molar refractivity (Wildman–Crippen MR) is 64.6 cm³/mol. The molecule has 3 N–H and O–H groups in total. The van der Waals surface area contributed by atoms with Gasteiger partial charge >= 0.3 is 6.18 Å². The highest BCUT2D eigenvalue weighted by Crippen LogP contribution is 2.28. The van der Waals surface area contributed by atoms with Crippen LogP contribution in [-0.4, -0.2) is 15.6 Å². The summed E-state index contributed by atoms with van der Waals surface area (Å²) in [5.74, 6) is -0.282. The van der Waals surface area contributed by atoms with Crippen molar-refractivity contribution in [2.75, 3.05) is 0 Å². The summed E-state index contributed by atoms with van der Waals surface area (Å²) in [5, 5.41) is 11.1. The molecule has 8 heteroatoms. The molecule has 19 heavy (non-hydrogen) atoms. The van der Waals surface area contributed by atoms with Gasteiger partial charge in [0.15, 0.2) is 5.69 Å². The molecule has 100 valence electrons. The van der Waals surface area contributed by atoms with Crippen molar-refractivity contribution < 1.29 is 13.2 Å². The standard InChI is InChI=1S/C11H8ClF3N4/c12-6-1-2-7(10(16)17)8(5-6)19-4-3-9(18-19)11(13,14)15/h1-5H,(H3,16,17). The van der Waals surface area contributed by atoms with Crippen LogP contribution in [-0.2, 0) is 6.18 Å². The van der Waals surface area contributed by atoms with Crippen LogP contribution in [0.3, 0.4) is 0 Å². The maximum absolute atomic E-state index is 12.5. The van der Waals surface area contributed by atoms with E-state index in [-0.39, 0.29) is 17.1 Å². The topological polar surface area (TPSA) is 67.7 Å². The zero-order valence-corrected chi connectivity index (χ0v) is 10.1. The molecule has 0 radical (unpaired) electrons. The van der Waals surface area contributed by atoms with E-state index >= 15 is 0 Å². The molecule has 0 unspecified atom stereocenters. The highest BCUT2D eigenvalue weighted by Gasteiger charge is 2.33. The molecule has 1 aromatic carbocycles. The van der Waals surface area contributed by atoms with Crippen molar-refractivity contribution in [3.05, 3.63) is 46.7 Å². The van der Waals surface area contributed by atoms with E-state index in [4.69, 9.17) is 22.7 Å². The van der Waals surface area contributed by atoms with Gasteiger partial charge in [-0.3, -0.25) is 5.41 Å². The monoisotopic (exact) mass is 288 g/mol. The van der Waals surface area contributed by atoms with Gasteiger partial charge in [0.05, 0.1) is 5.69 Å². The summed E-state index contributed by atoms with van der Waals surface area (Å²) in [4.78, 5) is 0. The molecule has 0 spiro atoms. The van der Waals surface area contributed by atoms with Gasteiger partial charge in [-0.05, 0) is 24.3 Å². The number of alkyl halides is 3. The number of aromatic nitrogens is 2. The van der Waals surface area contributed by atoms with Gasteiger partial charge in [-0.25, -0.2) is 4.68 Å². The largest absolute Gasteiger partial charge is 0.435 e. The zero-order chi connectivity index (χ0) is 14.2. The Balaban J connectivity index is 2.55. The lowest BCUT2D eigenvalue weighted by atomic mass is 10.1. The van der Waals surface area contributed by atoms with Gasteiger partial charge in [-0.2, -0.15) is 18.3 Å². The van der Waals surface area contributed by atoms with Gasteiger partial charge in [-0.15, -0.1) is 0 Å². The van der Waals surface area contributed by atoms with Crippen molar-refractivity contribution >= 4 is 17.4 Å². The quantitative estimate of drug-likeness (QED) is 0.659. The Morgan fingerprint density at radius 3 is 2.53 bits per heavy atom. The van der Waals surface area contributed by atoms with Crippen molar-refractivity contribution in [2.45, 2.75) is 6.18 Å². The van der Waals surface area contributed by atoms with E-state index in [1.165, 1.54) is 18.2 Å². The number of benzene rings is 1. The van der Waals surface area contributed by atoms with Crippen molar-refractivity contribution in [3.8, 4) is 5.69 Å². The van der Waals surface area contributed by atoms with Crippen LogP contribution >= 0.6 is 11.6 Å². The summed E-state index contributed by atoms with van der Waals surface area (Å²) in [6.45, 7) is 0. The molecule has 0 aliphatic rings. The van der Waals surface area contributed by atoms with Crippen molar-refractivity contribution in [2.24, 2.45) is 5.73 Å². The van der Waals surface area contributed by atoms with E-state index in [9.17, 15) is 13.2 Å². The predicted octanol–water partition coefficient (Wildman–Crippen LogP) is 2.83. The van der Waals surface area contributed by atoms with E-state index in [2.05, 4.69) is 5.10 Å². The van der Waals surface area contributed by atoms with Crippen LogP contribution in [0, 0.1) is 5.41 Å². The first-order chi connectivity index (χ1) is 8.79. The van der Waals surface area contributed by atoms with Gasteiger partial charge in [0, 0.05) is 16.8 Å². The molecule has 0 bridgehead atoms. The number of nitrogens with zero attached hydrogens (tertiary/aromatic N) is 2. The number of hydrogen-bond acceptors (Lipinski definition) is 2. The molecule has 1 aromatic heterocycles. The number of nitrogens with one attached hydrogen (secondary N) is 1. The van der Waals surface area contributed by atoms with Crippen molar-refractivity contribution in [1.29, 1.82) is 5.41 Å². The number of halogens is 4. The molecule has 2 aromatic rings. The fourth-order valence-corrected chi connectivity index (χ4v) is 1.70. The Labute approximate surface area is 111 Å². The van der Waals surface area contributed by atoms with Gasteiger partial charge in [0.2, 0.25) is 0 Å². The van der Waals surface area contributed by atoms with Crippen LogP contribution in [0.2, 0.25) is 5.02 Å². The van der Waals surface area contributed by atoms with E-state index in [0.717, 1.165) is 16.9 Å². The smallest absolute Gasteiger partial charge is 0.384 e. The van der Waals surface area contributed by atoms with E-state index in [0.29, 0.717) is 5.02 Å². The number of rotatable bonds is 2. The Morgan fingerprint density at radius 2 is 2.00 bits per heavy atom. The second-order valence-electron chi connectivity index (χ2n) is 3.72. The minimum absolute atomic E-state index is 0.218. The van der Waals surface area contributed by atoms with Crippen LogP contribution in [0.25, 0.3) is 5.69 Å². The maximum atomic E-state index is 12.5. The summed E-state index contributed by atoms with van der Waals surface area (Å²) in [5.41, 5.74) is 4.81. The van der Waals surface area contributed by atoms with E-state index in [1.807, 2.05) is 0 Å². The van der Waals surface area contributed by atoms with Crippen molar-refractivity contribution in [1.82, 2.24) is 9.78 Å². The number of nitrogen functional groups attached to an aromatic ring is 1. The minimum Gasteiger partial charge on any atom is -0.384 e. The maximum Gasteiger partial charge on any atom is 0.435 e. The average Bonchev–Trinajstić information content (AvgIpc) is 2.77. The van der Waals surface area contributed by atoms with Crippen molar-refractivity contribution in [3.63, 3.8) is 0 Å². The molecule has 0 aliphatic heterocycles. The molecule has 0 amide bonds. The summed E-state index contributed by atoms with van der Waals surface area (Å²) in [6.07, 6.45) is -3.39. The summed E-state index contributed by atoms with van der Waals surface area (Å²) in [6, 6.07) is 5.18. The van der Waals surface area contributed by atoms with Crippen LogP contribution in [0.4, 0.5) is 13.2 Å². The highest BCUT2D eigenvalue weighted by atomic mass is 35.5. The molecule has 4 nitrogen and oxygen atoms in total. The van der Waals surface area contributed by atoms with Crippen LogP contribution in [0.15, 0.2) is 30.5 Å². The SMILES string of the molecule is N=C(N)c1ccc(Cl)cc1-n1ccc(C(F)(F)F)n1.